The smallest absolute Gasteiger partial charge is 0.243 e. The third kappa shape index (κ3) is 1.87. The van der Waals surface area contributed by atoms with Crippen molar-refractivity contribution < 1.29 is 4.74 Å². The second kappa shape index (κ2) is 4.62. The molecular formula is C11H11ClN4OS. The highest BCUT2D eigenvalue weighted by Crippen LogP contribution is 2.28. The van der Waals surface area contributed by atoms with Gasteiger partial charge in [-0.05, 0) is 6.92 Å². The predicted molar refractivity (Wildman–Crippen MR) is 70.6 cm³/mol. The summed E-state index contributed by atoms with van der Waals surface area (Å²) in [7, 11) is 0. The summed E-state index contributed by atoms with van der Waals surface area (Å²) in [5, 5.41) is 6.12. The third-order valence-corrected chi connectivity index (χ3v) is 3.61. The van der Waals surface area contributed by atoms with E-state index in [9.17, 15) is 0 Å². The quantitative estimate of drug-likeness (QED) is 0.691. The first-order chi connectivity index (χ1) is 8.81. The number of alkyl halides is 1. The standard InChI is InChI=1S/C11H11ClN4OS/c1-2-15-7-8(6-13-15)17-10-9(5-12)16-3-4-18-11(16)14-10/h3-4,6-7H,2,5H2,1H3. The van der Waals surface area contributed by atoms with Gasteiger partial charge in [-0.2, -0.15) is 10.1 Å². The molecule has 0 aliphatic carbocycles. The van der Waals surface area contributed by atoms with Crippen molar-refractivity contribution in [2.75, 3.05) is 0 Å². The van der Waals surface area contributed by atoms with Gasteiger partial charge in [-0.3, -0.25) is 9.08 Å². The second-order valence-corrected chi connectivity index (χ2v) is 4.83. The molecule has 94 valence electrons. The summed E-state index contributed by atoms with van der Waals surface area (Å²) in [4.78, 5) is 5.29. The number of halogens is 1. The lowest BCUT2D eigenvalue weighted by Gasteiger charge is -2.00. The van der Waals surface area contributed by atoms with E-state index in [2.05, 4.69) is 10.1 Å². The Kier molecular flexibility index (Phi) is 2.97. The number of hydrogen-bond donors (Lipinski definition) is 0. The zero-order valence-corrected chi connectivity index (χ0v) is 11.3. The molecule has 3 aromatic heterocycles. The monoisotopic (exact) mass is 282 g/mol. The summed E-state index contributed by atoms with van der Waals surface area (Å²) < 4.78 is 9.47. The maximum atomic E-state index is 5.95. The van der Waals surface area contributed by atoms with Gasteiger partial charge in [0.2, 0.25) is 5.88 Å². The van der Waals surface area contributed by atoms with E-state index in [0.29, 0.717) is 17.5 Å². The van der Waals surface area contributed by atoms with E-state index in [0.717, 1.165) is 17.2 Å². The van der Waals surface area contributed by atoms with Gasteiger partial charge in [0.1, 0.15) is 5.69 Å². The van der Waals surface area contributed by atoms with Crippen molar-refractivity contribution in [1.29, 1.82) is 0 Å². The highest BCUT2D eigenvalue weighted by molar-refractivity contribution is 7.15. The number of hydrogen-bond acceptors (Lipinski definition) is 4. The molecule has 0 bridgehead atoms. The summed E-state index contributed by atoms with van der Waals surface area (Å²) in [5.41, 5.74) is 0.858. The number of aryl methyl sites for hydroxylation is 1. The van der Waals surface area contributed by atoms with Crippen molar-refractivity contribution in [2.24, 2.45) is 0 Å². The average molecular weight is 283 g/mol. The molecule has 0 fully saturated rings. The maximum Gasteiger partial charge on any atom is 0.243 e. The van der Waals surface area contributed by atoms with Crippen molar-refractivity contribution in [2.45, 2.75) is 19.3 Å². The Hall–Kier alpha value is -1.53. The second-order valence-electron chi connectivity index (χ2n) is 3.69. The fourth-order valence-electron chi connectivity index (χ4n) is 1.70. The molecule has 0 saturated heterocycles. The summed E-state index contributed by atoms with van der Waals surface area (Å²) in [6.45, 7) is 2.83. The van der Waals surface area contributed by atoms with Gasteiger partial charge in [0, 0.05) is 18.1 Å². The van der Waals surface area contributed by atoms with Crippen LogP contribution in [0.3, 0.4) is 0 Å². The van der Waals surface area contributed by atoms with Gasteiger partial charge in [-0.25, -0.2) is 0 Å². The minimum Gasteiger partial charge on any atom is -0.434 e. The number of aromatic nitrogens is 4. The van der Waals surface area contributed by atoms with E-state index in [4.69, 9.17) is 16.3 Å². The van der Waals surface area contributed by atoms with Crippen molar-refractivity contribution in [3.8, 4) is 11.6 Å². The fraction of sp³-hybridized carbons (Fsp3) is 0.273. The van der Waals surface area contributed by atoms with Crippen LogP contribution in [0.25, 0.3) is 4.96 Å². The van der Waals surface area contributed by atoms with Crippen LogP contribution in [-0.4, -0.2) is 19.2 Å². The molecule has 3 aromatic rings. The van der Waals surface area contributed by atoms with Crippen LogP contribution in [0.5, 0.6) is 11.6 Å². The lowest BCUT2D eigenvalue weighted by Crippen LogP contribution is -1.92. The van der Waals surface area contributed by atoms with Gasteiger partial charge in [-0.15, -0.1) is 22.9 Å². The van der Waals surface area contributed by atoms with Gasteiger partial charge >= 0.3 is 0 Å². The van der Waals surface area contributed by atoms with E-state index in [1.165, 1.54) is 0 Å². The SMILES string of the molecule is CCn1cc(Oc2nc3sccn3c2CCl)cn1. The van der Waals surface area contributed by atoms with Gasteiger partial charge in [0.05, 0.1) is 18.3 Å². The Morgan fingerprint density at radius 2 is 2.39 bits per heavy atom. The van der Waals surface area contributed by atoms with E-state index >= 15 is 0 Å². The van der Waals surface area contributed by atoms with E-state index in [1.54, 1.807) is 22.2 Å². The molecule has 0 N–H and O–H groups in total. The van der Waals surface area contributed by atoms with E-state index in [-0.39, 0.29) is 0 Å². The molecule has 0 radical (unpaired) electrons. The van der Waals surface area contributed by atoms with Crippen LogP contribution in [0.1, 0.15) is 12.6 Å². The highest BCUT2D eigenvalue weighted by atomic mass is 35.5. The highest BCUT2D eigenvalue weighted by Gasteiger charge is 2.14. The number of imidazole rings is 1. The molecule has 18 heavy (non-hydrogen) atoms. The van der Waals surface area contributed by atoms with Crippen LogP contribution in [0.15, 0.2) is 24.0 Å². The number of rotatable bonds is 4. The number of ether oxygens (including phenoxy) is 1. The van der Waals surface area contributed by atoms with Crippen molar-refractivity contribution >= 4 is 27.9 Å². The normalized spacial score (nSPS) is 11.2. The first kappa shape index (κ1) is 11.6. The Labute approximate surface area is 113 Å². The van der Waals surface area contributed by atoms with Gasteiger partial charge in [0.15, 0.2) is 10.7 Å². The van der Waals surface area contributed by atoms with Crippen LogP contribution in [0, 0.1) is 0 Å². The molecule has 0 aliphatic heterocycles. The Bertz CT molecular complexity index is 671. The van der Waals surface area contributed by atoms with Crippen molar-refractivity contribution in [1.82, 2.24) is 19.2 Å². The summed E-state index contributed by atoms with van der Waals surface area (Å²) in [6.07, 6.45) is 5.45. The Balaban J connectivity index is 1.96. The third-order valence-electron chi connectivity index (χ3n) is 2.60. The largest absolute Gasteiger partial charge is 0.434 e. The number of thiazole rings is 1. The molecule has 7 heteroatoms. The van der Waals surface area contributed by atoms with E-state index < -0.39 is 0 Å². The molecule has 0 saturated carbocycles. The first-order valence-corrected chi connectivity index (χ1v) is 6.94. The number of fused-ring (bicyclic) bond motifs is 1. The average Bonchev–Trinajstić information content (AvgIpc) is 3.04. The van der Waals surface area contributed by atoms with E-state index in [1.807, 2.05) is 29.1 Å². The van der Waals surface area contributed by atoms with Crippen molar-refractivity contribution in [3.05, 3.63) is 29.7 Å². The predicted octanol–water partition coefficient (Wildman–Crippen LogP) is 3.14. The molecular weight excluding hydrogens is 272 g/mol. The molecule has 0 atom stereocenters. The summed E-state index contributed by atoms with van der Waals surface area (Å²) >= 11 is 7.50. The first-order valence-electron chi connectivity index (χ1n) is 5.52. The van der Waals surface area contributed by atoms with Crippen LogP contribution in [0.2, 0.25) is 0 Å². The zero-order valence-electron chi connectivity index (χ0n) is 9.71. The topological polar surface area (TPSA) is 44.4 Å². The molecule has 0 unspecified atom stereocenters. The molecule has 3 heterocycles. The number of nitrogens with zero attached hydrogens (tertiary/aromatic N) is 4. The maximum absolute atomic E-state index is 5.95. The molecule has 5 nitrogen and oxygen atoms in total. The van der Waals surface area contributed by atoms with Crippen LogP contribution < -0.4 is 4.74 Å². The lowest BCUT2D eigenvalue weighted by molar-refractivity contribution is 0.460. The molecule has 0 amide bonds. The van der Waals surface area contributed by atoms with Crippen LogP contribution >= 0.6 is 22.9 Å². The minimum absolute atomic E-state index is 0.356. The van der Waals surface area contributed by atoms with Crippen LogP contribution in [-0.2, 0) is 12.4 Å². The summed E-state index contributed by atoms with van der Waals surface area (Å²) in [6, 6.07) is 0. The Morgan fingerprint density at radius 1 is 1.50 bits per heavy atom. The summed E-state index contributed by atoms with van der Waals surface area (Å²) in [5.74, 6) is 1.58. The lowest BCUT2D eigenvalue weighted by atomic mass is 10.5. The molecule has 0 aliphatic rings. The van der Waals surface area contributed by atoms with Gasteiger partial charge in [-0.1, -0.05) is 0 Å². The Morgan fingerprint density at radius 3 is 3.11 bits per heavy atom. The van der Waals surface area contributed by atoms with Crippen LogP contribution in [0.4, 0.5) is 0 Å². The van der Waals surface area contributed by atoms with Crippen molar-refractivity contribution in [3.63, 3.8) is 0 Å². The zero-order chi connectivity index (χ0) is 12.5. The molecule has 0 spiro atoms. The van der Waals surface area contributed by atoms with Gasteiger partial charge in [0.25, 0.3) is 0 Å². The molecule has 3 rings (SSSR count). The minimum atomic E-state index is 0.356. The molecule has 0 aromatic carbocycles. The van der Waals surface area contributed by atoms with Gasteiger partial charge < -0.3 is 4.74 Å². The fourth-order valence-corrected chi connectivity index (χ4v) is 2.67.